The van der Waals surface area contributed by atoms with Gasteiger partial charge < -0.3 is 19.4 Å². The zero-order valence-electron chi connectivity index (χ0n) is 12.9. The summed E-state index contributed by atoms with van der Waals surface area (Å²) in [6.45, 7) is 0.688. The predicted molar refractivity (Wildman–Crippen MR) is 85.9 cm³/mol. The van der Waals surface area contributed by atoms with Crippen LogP contribution in [0.4, 0.5) is 11.4 Å². The lowest BCUT2D eigenvalue weighted by molar-refractivity contribution is -0.119. The number of carbonyl (C=O) groups excluding carboxylic acids is 2. The van der Waals surface area contributed by atoms with E-state index in [0.29, 0.717) is 24.4 Å². The van der Waals surface area contributed by atoms with Gasteiger partial charge in [-0.1, -0.05) is 0 Å². The van der Waals surface area contributed by atoms with Crippen LogP contribution in [-0.4, -0.2) is 25.5 Å². The predicted octanol–water partition coefficient (Wildman–Crippen LogP) is 3.06. The molecule has 6 heteroatoms. The highest BCUT2D eigenvalue weighted by molar-refractivity contribution is 6.03. The molecule has 1 N–H and O–H groups in total. The molecule has 1 aliphatic rings. The molecule has 1 aliphatic heterocycles. The maximum atomic E-state index is 12.1. The topological polar surface area (TPSA) is 71.8 Å². The summed E-state index contributed by atoms with van der Waals surface area (Å²) in [7, 11) is 1.55. The van der Waals surface area contributed by atoms with Gasteiger partial charge in [0.15, 0.2) is 5.76 Å². The molecule has 0 unspecified atom stereocenters. The monoisotopic (exact) mass is 314 g/mol. The van der Waals surface area contributed by atoms with Gasteiger partial charge in [-0.05, 0) is 37.1 Å². The molecule has 0 radical (unpaired) electrons. The minimum atomic E-state index is -0.334. The standard InChI is InChI=1S/C17H18N2O4/c1-22-15-11-12(18-17(21)14-5-4-10-23-14)7-8-13(15)19-9-3-2-6-16(19)20/h4-5,7-8,10-11H,2-3,6,9H2,1H3,(H,18,21). The number of carbonyl (C=O) groups is 2. The molecule has 1 aromatic heterocycles. The number of nitrogens with one attached hydrogen (secondary N) is 1. The minimum Gasteiger partial charge on any atom is -0.494 e. The molecule has 2 amide bonds. The zero-order valence-corrected chi connectivity index (χ0v) is 12.9. The Labute approximate surface area is 134 Å². The zero-order chi connectivity index (χ0) is 16.2. The molecule has 3 rings (SSSR count). The first-order valence-corrected chi connectivity index (χ1v) is 7.52. The maximum Gasteiger partial charge on any atom is 0.291 e. The van der Waals surface area contributed by atoms with Gasteiger partial charge in [0.05, 0.1) is 19.1 Å². The van der Waals surface area contributed by atoms with Gasteiger partial charge in [-0.25, -0.2) is 0 Å². The molecule has 0 aliphatic carbocycles. The van der Waals surface area contributed by atoms with Crippen LogP contribution in [0.1, 0.15) is 29.8 Å². The van der Waals surface area contributed by atoms with E-state index in [0.717, 1.165) is 18.5 Å². The Balaban J connectivity index is 1.82. The summed E-state index contributed by atoms with van der Waals surface area (Å²) < 4.78 is 10.5. The Morgan fingerprint density at radius 3 is 2.87 bits per heavy atom. The SMILES string of the molecule is COc1cc(NC(=O)c2ccco2)ccc1N1CCCCC1=O. The second kappa shape index (κ2) is 6.56. The lowest BCUT2D eigenvalue weighted by Crippen LogP contribution is -2.35. The van der Waals surface area contributed by atoms with Crippen LogP contribution >= 0.6 is 0 Å². The number of hydrogen-bond acceptors (Lipinski definition) is 4. The molecule has 23 heavy (non-hydrogen) atoms. The van der Waals surface area contributed by atoms with Gasteiger partial charge in [0.25, 0.3) is 5.91 Å². The number of ether oxygens (including phenoxy) is 1. The molecule has 1 aromatic carbocycles. The molecule has 2 aromatic rings. The molecule has 0 atom stereocenters. The number of piperidine rings is 1. The largest absolute Gasteiger partial charge is 0.494 e. The van der Waals surface area contributed by atoms with Gasteiger partial charge in [-0.3, -0.25) is 9.59 Å². The highest BCUT2D eigenvalue weighted by atomic mass is 16.5. The van der Waals surface area contributed by atoms with Crippen LogP contribution in [0.3, 0.4) is 0 Å². The summed E-state index contributed by atoms with van der Waals surface area (Å²) >= 11 is 0. The fraction of sp³-hybridized carbons (Fsp3) is 0.294. The van der Waals surface area contributed by atoms with E-state index in [1.54, 1.807) is 42.3 Å². The summed E-state index contributed by atoms with van der Waals surface area (Å²) in [5.74, 6) is 0.553. The maximum absolute atomic E-state index is 12.1. The van der Waals surface area contributed by atoms with Crippen molar-refractivity contribution in [3.8, 4) is 5.75 Å². The van der Waals surface area contributed by atoms with Crippen molar-refractivity contribution < 1.29 is 18.7 Å². The van der Waals surface area contributed by atoms with Crippen molar-refractivity contribution in [2.45, 2.75) is 19.3 Å². The van der Waals surface area contributed by atoms with Crippen LogP contribution in [0.2, 0.25) is 0 Å². The number of furan rings is 1. The summed E-state index contributed by atoms with van der Waals surface area (Å²) in [6, 6.07) is 8.49. The van der Waals surface area contributed by atoms with Gasteiger partial charge in [-0.15, -0.1) is 0 Å². The van der Waals surface area contributed by atoms with E-state index in [4.69, 9.17) is 9.15 Å². The number of benzene rings is 1. The van der Waals surface area contributed by atoms with Gasteiger partial charge in [-0.2, -0.15) is 0 Å². The third-order valence-electron chi connectivity index (χ3n) is 3.80. The Morgan fingerprint density at radius 1 is 1.30 bits per heavy atom. The third-order valence-corrected chi connectivity index (χ3v) is 3.80. The van der Waals surface area contributed by atoms with E-state index in [-0.39, 0.29) is 17.6 Å². The van der Waals surface area contributed by atoms with E-state index in [1.807, 2.05) is 0 Å². The molecule has 1 saturated heterocycles. The Hall–Kier alpha value is -2.76. The number of rotatable bonds is 4. The quantitative estimate of drug-likeness (QED) is 0.941. The number of methoxy groups -OCH3 is 1. The number of nitrogens with zero attached hydrogens (tertiary/aromatic N) is 1. The van der Waals surface area contributed by atoms with Crippen LogP contribution < -0.4 is 15.0 Å². The van der Waals surface area contributed by atoms with Crippen LogP contribution in [0.15, 0.2) is 41.0 Å². The van der Waals surface area contributed by atoms with E-state index >= 15 is 0 Å². The van der Waals surface area contributed by atoms with Crippen molar-refractivity contribution in [1.29, 1.82) is 0 Å². The number of amides is 2. The lowest BCUT2D eigenvalue weighted by Gasteiger charge is -2.28. The Morgan fingerprint density at radius 2 is 2.17 bits per heavy atom. The van der Waals surface area contributed by atoms with Crippen LogP contribution in [0.25, 0.3) is 0 Å². The van der Waals surface area contributed by atoms with Crippen LogP contribution in [0.5, 0.6) is 5.75 Å². The molecular formula is C17H18N2O4. The summed E-state index contributed by atoms with van der Waals surface area (Å²) in [4.78, 5) is 25.8. The van der Waals surface area contributed by atoms with Crippen molar-refractivity contribution in [2.75, 3.05) is 23.9 Å². The van der Waals surface area contributed by atoms with Crippen molar-refractivity contribution in [3.05, 3.63) is 42.4 Å². The summed E-state index contributed by atoms with van der Waals surface area (Å²) in [6.07, 6.45) is 3.90. The van der Waals surface area contributed by atoms with Crippen molar-refractivity contribution in [2.24, 2.45) is 0 Å². The van der Waals surface area contributed by atoms with E-state index in [2.05, 4.69) is 5.32 Å². The van der Waals surface area contributed by atoms with Crippen molar-refractivity contribution in [1.82, 2.24) is 0 Å². The molecule has 2 heterocycles. The van der Waals surface area contributed by atoms with Gasteiger partial charge >= 0.3 is 0 Å². The molecule has 0 spiro atoms. The average Bonchev–Trinajstić information content (AvgIpc) is 3.10. The van der Waals surface area contributed by atoms with E-state index in [1.165, 1.54) is 6.26 Å². The molecule has 0 saturated carbocycles. The lowest BCUT2D eigenvalue weighted by atomic mass is 10.1. The molecule has 1 fully saturated rings. The molecule has 120 valence electrons. The smallest absolute Gasteiger partial charge is 0.291 e. The highest BCUT2D eigenvalue weighted by Crippen LogP contribution is 2.33. The van der Waals surface area contributed by atoms with E-state index < -0.39 is 0 Å². The summed E-state index contributed by atoms with van der Waals surface area (Å²) in [5, 5.41) is 2.74. The Bertz CT molecular complexity index is 709. The highest BCUT2D eigenvalue weighted by Gasteiger charge is 2.23. The molecular weight excluding hydrogens is 296 g/mol. The minimum absolute atomic E-state index is 0.0990. The third kappa shape index (κ3) is 3.21. The van der Waals surface area contributed by atoms with Gasteiger partial charge in [0.2, 0.25) is 5.91 Å². The van der Waals surface area contributed by atoms with Crippen LogP contribution in [0, 0.1) is 0 Å². The fourth-order valence-electron chi connectivity index (χ4n) is 2.64. The fourth-order valence-corrected chi connectivity index (χ4v) is 2.64. The first kappa shape index (κ1) is 15.1. The van der Waals surface area contributed by atoms with Gasteiger partial charge in [0.1, 0.15) is 5.75 Å². The number of hydrogen-bond donors (Lipinski definition) is 1. The molecule has 0 bridgehead atoms. The second-order valence-electron chi connectivity index (χ2n) is 5.32. The first-order valence-electron chi connectivity index (χ1n) is 7.52. The second-order valence-corrected chi connectivity index (χ2v) is 5.32. The van der Waals surface area contributed by atoms with E-state index in [9.17, 15) is 9.59 Å². The van der Waals surface area contributed by atoms with Crippen LogP contribution in [-0.2, 0) is 4.79 Å². The first-order chi connectivity index (χ1) is 11.2. The normalized spacial score (nSPS) is 14.7. The van der Waals surface area contributed by atoms with Gasteiger partial charge in [0, 0.05) is 24.7 Å². The number of anilines is 2. The summed E-state index contributed by atoms with van der Waals surface area (Å²) in [5.41, 5.74) is 1.31. The average molecular weight is 314 g/mol. The molecule has 6 nitrogen and oxygen atoms in total. The Kier molecular flexibility index (Phi) is 4.32. The van der Waals surface area contributed by atoms with Crippen molar-refractivity contribution in [3.63, 3.8) is 0 Å². The van der Waals surface area contributed by atoms with Crippen molar-refractivity contribution >= 4 is 23.2 Å².